The molecule has 0 heterocycles. The quantitative estimate of drug-likeness (QED) is 0.938. The molecule has 0 aromatic heterocycles. The summed E-state index contributed by atoms with van der Waals surface area (Å²) >= 11 is 0. The van der Waals surface area contributed by atoms with E-state index in [1.165, 1.54) is 20.3 Å². The molecule has 0 saturated carbocycles. The fourth-order valence-corrected chi connectivity index (χ4v) is 1.86. The zero-order valence-electron chi connectivity index (χ0n) is 12.1. The van der Waals surface area contributed by atoms with Gasteiger partial charge in [-0.15, -0.1) is 0 Å². The minimum Gasteiger partial charge on any atom is -0.497 e. The van der Waals surface area contributed by atoms with E-state index in [4.69, 9.17) is 9.47 Å². The SMILES string of the molecule is COc1ccc(OC)c(C(=O)Nc2ccc(C)c(F)c2)c1. The molecule has 0 fully saturated rings. The van der Waals surface area contributed by atoms with Gasteiger partial charge in [-0.25, -0.2) is 4.39 Å². The van der Waals surface area contributed by atoms with Crippen molar-refractivity contribution in [3.05, 3.63) is 53.3 Å². The number of anilines is 1. The fourth-order valence-electron chi connectivity index (χ4n) is 1.86. The molecule has 5 heteroatoms. The average molecular weight is 289 g/mol. The fraction of sp³-hybridized carbons (Fsp3) is 0.188. The van der Waals surface area contributed by atoms with Gasteiger partial charge in [-0.2, -0.15) is 0 Å². The van der Waals surface area contributed by atoms with E-state index in [0.29, 0.717) is 28.3 Å². The number of rotatable bonds is 4. The highest BCUT2D eigenvalue weighted by Gasteiger charge is 2.14. The van der Waals surface area contributed by atoms with E-state index in [0.717, 1.165) is 0 Å². The van der Waals surface area contributed by atoms with Crippen LogP contribution in [-0.4, -0.2) is 20.1 Å². The number of hydrogen-bond donors (Lipinski definition) is 1. The van der Waals surface area contributed by atoms with E-state index in [2.05, 4.69) is 5.32 Å². The Morgan fingerprint density at radius 3 is 2.48 bits per heavy atom. The van der Waals surface area contributed by atoms with Crippen molar-refractivity contribution < 1.29 is 18.7 Å². The second kappa shape index (κ2) is 6.26. The molecular weight excluding hydrogens is 273 g/mol. The van der Waals surface area contributed by atoms with Crippen LogP contribution in [0, 0.1) is 12.7 Å². The summed E-state index contributed by atoms with van der Waals surface area (Å²) in [4.78, 5) is 12.3. The Morgan fingerprint density at radius 2 is 1.86 bits per heavy atom. The van der Waals surface area contributed by atoms with Gasteiger partial charge in [0.25, 0.3) is 5.91 Å². The topological polar surface area (TPSA) is 47.6 Å². The lowest BCUT2D eigenvalue weighted by Crippen LogP contribution is -2.13. The van der Waals surface area contributed by atoms with E-state index < -0.39 is 5.91 Å². The molecule has 0 atom stereocenters. The van der Waals surface area contributed by atoms with Crippen LogP contribution in [0.25, 0.3) is 0 Å². The monoisotopic (exact) mass is 289 g/mol. The third kappa shape index (κ3) is 3.31. The van der Waals surface area contributed by atoms with Crippen molar-refractivity contribution in [3.8, 4) is 11.5 Å². The number of amides is 1. The van der Waals surface area contributed by atoms with Crippen molar-refractivity contribution in [2.24, 2.45) is 0 Å². The normalized spacial score (nSPS) is 10.1. The smallest absolute Gasteiger partial charge is 0.259 e. The zero-order valence-corrected chi connectivity index (χ0v) is 12.1. The van der Waals surface area contributed by atoms with Crippen LogP contribution in [-0.2, 0) is 0 Å². The molecule has 2 aromatic rings. The molecule has 0 aliphatic carbocycles. The molecule has 4 nitrogen and oxygen atoms in total. The van der Waals surface area contributed by atoms with Gasteiger partial charge in [0.15, 0.2) is 0 Å². The molecule has 0 aliphatic heterocycles. The Bertz CT molecular complexity index is 671. The van der Waals surface area contributed by atoms with Gasteiger partial charge in [0.2, 0.25) is 0 Å². The lowest BCUT2D eigenvalue weighted by molar-refractivity contribution is 0.102. The van der Waals surface area contributed by atoms with Crippen molar-refractivity contribution in [2.45, 2.75) is 6.92 Å². The van der Waals surface area contributed by atoms with E-state index in [-0.39, 0.29) is 5.82 Å². The zero-order chi connectivity index (χ0) is 15.4. The van der Waals surface area contributed by atoms with Crippen molar-refractivity contribution >= 4 is 11.6 Å². The van der Waals surface area contributed by atoms with Crippen LogP contribution in [0.5, 0.6) is 11.5 Å². The molecule has 110 valence electrons. The molecule has 0 saturated heterocycles. The van der Waals surface area contributed by atoms with Gasteiger partial charge in [-0.3, -0.25) is 4.79 Å². The van der Waals surface area contributed by atoms with Crippen molar-refractivity contribution in [2.75, 3.05) is 19.5 Å². The summed E-state index contributed by atoms with van der Waals surface area (Å²) in [6.07, 6.45) is 0. The van der Waals surface area contributed by atoms with Crippen LogP contribution >= 0.6 is 0 Å². The first-order chi connectivity index (χ1) is 10.0. The summed E-state index contributed by atoms with van der Waals surface area (Å²) in [5, 5.41) is 2.64. The number of ether oxygens (including phenoxy) is 2. The molecule has 2 aromatic carbocycles. The molecule has 2 rings (SSSR count). The minimum atomic E-state index is -0.394. The van der Waals surface area contributed by atoms with E-state index in [9.17, 15) is 9.18 Å². The molecule has 0 bridgehead atoms. The summed E-state index contributed by atoms with van der Waals surface area (Å²) in [7, 11) is 2.99. The summed E-state index contributed by atoms with van der Waals surface area (Å²) in [5.74, 6) is 0.191. The lowest BCUT2D eigenvalue weighted by atomic mass is 10.1. The second-order valence-electron chi connectivity index (χ2n) is 4.48. The van der Waals surface area contributed by atoms with E-state index in [1.807, 2.05) is 0 Å². The number of carbonyl (C=O) groups is 1. The van der Waals surface area contributed by atoms with Crippen LogP contribution in [0.3, 0.4) is 0 Å². The average Bonchev–Trinajstić information content (AvgIpc) is 2.50. The standard InChI is InChI=1S/C16H16FNO3/c1-10-4-5-11(8-14(10)17)18-16(19)13-9-12(20-2)6-7-15(13)21-3/h4-9H,1-3H3,(H,18,19). The molecule has 1 N–H and O–H groups in total. The van der Waals surface area contributed by atoms with Gasteiger partial charge >= 0.3 is 0 Å². The summed E-state index contributed by atoms with van der Waals surface area (Å²) in [5.41, 5.74) is 1.22. The third-order valence-corrected chi connectivity index (χ3v) is 3.08. The highest BCUT2D eigenvalue weighted by Crippen LogP contribution is 2.25. The minimum absolute atomic E-state index is 0.317. The summed E-state index contributed by atoms with van der Waals surface area (Å²) in [6, 6.07) is 9.43. The van der Waals surface area contributed by atoms with E-state index >= 15 is 0 Å². The number of hydrogen-bond acceptors (Lipinski definition) is 3. The first-order valence-corrected chi connectivity index (χ1v) is 6.34. The first-order valence-electron chi connectivity index (χ1n) is 6.34. The highest BCUT2D eigenvalue weighted by molar-refractivity contribution is 6.06. The third-order valence-electron chi connectivity index (χ3n) is 3.08. The molecule has 0 spiro atoms. The highest BCUT2D eigenvalue weighted by atomic mass is 19.1. The summed E-state index contributed by atoms with van der Waals surface area (Å²) in [6.45, 7) is 1.66. The lowest BCUT2D eigenvalue weighted by Gasteiger charge is -2.11. The molecule has 1 amide bonds. The van der Waals surface area contributed by atoms with Crippen LogP contribution in [0.4, 0.5) is 10.1 Å². The van der Waals surface area contributed by atoms with Gasteiger partial charge in [-0.05, 0) is 42.8 Å². The van der Waals surface area contributed by atoms with Crippen molar-refractivity contribution in [3.63, 3.8) is 0 Å². The van der Waals surface area contributed by atoms with Gasteiger partial charge in [0.05, 0.1) is 19.8 Å². The molecule has 0 unspecified atom stereocenters. The summed E-state index contributed by atoms with van der Waals surface area (Å²) < 4.78 is 23.8. The van der Waals surface area contributed by atoms with Crippen molar-refractivity contribution in [1.82, 2.24) is 0 Å². The second-order valence-corrected chi connectivity index (χ2v) is 4.48. The Labute approximate surface area is 122 Å². The predicted octanol–water partition coefficient (Wildman–Crippen LogP) is 3.40. The van der Waals surface area contributed by atoms with Crippen LogP contribution in [0.1, 0.15) is 15.9 Å². The van der Waals surface area contributed by atoms with Gasteiger partial charge in [-0.1, -0.05) is 6.07 Å². The first kappa shape index (κ1) is 14.8. The van der Waals surface area contributed by atoms with Crippen LogP contribution in [0.15, 0.2) is 36.4 Å². The number of carbonyl (C=O) groups excluding carboxylic acids is 1. The van der Waals surface area contributed by atoms with Gasteiger partial charge in [0.1, 0.15) is 17.3 Å². The largest absolute Gasteiger partial charge is 0.497 e. The van der Waals surface area contributed by atoms with Gasteiger partial charge in [0, 0.05) is 5.69 Å². The maximum atomic E-state index is 13.5. The Hall–Kier alpha value is -2.56. The maximum Gasteiger partial charge on any atom is 0.259 e. The Kier molecular flexibility index (Phi) is 4.42. The van der Waals surface area contributed by atoms with Crippen LogP contribution < -0.4 is 14.8 Å². The molecule has 0 radical (unpaired) electrons. The number of methoxy groups -OCH3 is 2. The molecule has 21 heavy (non-hydrogen) atoms. The Balaban J connectivity index is 2.28. The van der Waals surface area contributed by atoms with Gasteiger partial charge < -0.3 is 14.8 Å². The van der Waals surface area contributed by atoms with E-state index in [1.54, 1.807) is 37.3 Å². The maximum absolute atomic E-state index is 13.5. The van der Waals surface area contributed by atoms with Crippen LogP contribution in [0.2, 0.25) is 0 Å². The number of nitrogens with one attached hydrogen (secondary N) is 1. The van der Waals surface area contributed by atoms with Crippen molar-refractivity contribution in [1.29, 1.82) is 0 Å². The molecule has 0 aliphatic rings. The molecular formula is C16H16FNO3. The Morgan fingerprint density at radius 1 is 1.10 bits per heavy atom. The number of benzene rings is 2. The number of aryl methyl sites for hydroxylation is 1. The predicted molar refractivity (Wildman–Crippen MR) is 78.6 cm³/mol. The number of halogens is 1.